The highest BCUT2D eigenvalue weighted by atomic mass is 19.4. The van der Waals surface area contributed by atoms with Gasteiger partial charge in [-0.25, -0.2) is 9.59 Å². The number of rotatable bonds is 5. The Balaban J connectivity index is 0.000000505. The number of imidazole rings is 1. The lowest BCUT2D eigenvalue weighted by atomic mass is 10.2. The van der Waals surface area contributed by atoms with Crippen molar-refractivity contribution in [1.82, 2.24) is 24.4 Å². The molecule has 1 aliphatic heterocycles. The van der Waals surface area contributed by atoms with E-state index in [9.17, 15) is 22.8 Å². The number of carbonyl (C=O) groups is 2. The predicted octanol–water partition coefficient (Wildman–Crippen LogP) is 1.69. The van der Waals surface area contributed by atoms with Crippen LogP contribution in [0.25, 0.3) is 11.2 Å². The van der Waals surface area contributed by atoms with E-state index in [1.807, 2.05) is 0 Å². The molecule has 0 aliphatic carbocycles. The van der Waals surface area contributed by atoms with Gasteiger partial charge in [-0.1, -0.05) is 5.92 Å². The van der Waals surface area contributed by atoms with Gasteiger partial charge in [0.15, 0.2) is 11.2 Å². The van der Waals surface area contributed by atoms with Crippen LogP contribution in [0.1, 0.15) is 17.3 Å². The molecule has 12 nitrogen and oxygen atoms in total. The van der Waals surface area contributed by atoms with Crippen LogP contribution >= 0.6 is 0 Å². The Hall–Kier alpha value is -4.58. The lowest BCUT2D eigenvalue weighted by Crippen LogP contribution is -2.44. The molecule has 1 aliphatic rings. The number of piperazine rings is 1. The fraction of sp³-hybridized carbons (Fsp3) is 0.348. The van der Waals surface area contributed by atoms with Crippen LogP contribution in [0.5, 0.6) is 11.8 Å². The quantitative estimate of drug-likeness (QED) is 0.411. The number of aliphatic carboxylic acids is 1. The normalized spacial score (nSPS) is 13.2. The molecule has 2 aromatic heterocycles. The van der Waals surface area contributed by atoms with Crippen molar-refractivity contribution in [3.05, 3.63) is 40.2 Å². The molecule has 15 heteroatoms. The smallest absolute Gasteiger partial charge is 0.478 e. The summed E-state index contributed by atoms with van der Waals surface area (Å²) < 4.78 is 40.6. The first kappa shape index (κ1) is 28.0. The number of fused-ring (bicyclic) bond motifs is 1. The standard InChI is InChI=1S/C21H22N6O4.C2HF3O2/c1-3-4-11-27-16-17(23-20(27)26-12-9-22-10-13-26)24-21(25(2)18(16)28)31-15-7-5-14(6-8-15)19(29)30;3-2(4,5)1(6)7/h5-8,22H,9-13H2,1-2H3,(H,29,30);(H,6,7). The Labute approximate surface area is 213 Å². The van der Waals surface area contributed by atoms with E-state index in [1.165, 1.54) is 28.8 Å². The van der Waals surface area contributed by atoms with Crippen molar-refractivity contribution in [1.29, 1.82) is 0 Å². The number of anilines is 1. The molecule has 0 saturated carbocycles. The lowest BCUT2D eigenvalue weighted by molar-refractivity contribution is -0.192. The molecule has 0 bridgehead atoms. The van der Waals surface area contributed by atoms with Crippen molar-refractivity contribution in [2.75, 3.05) is 31.1 Å². The second kappa shape index (κ2) is 11.6. The summed E-state index contributed by atoms with van der Waals surface area (Å²) in [5, 5.41) is 19.5. The molecule has 4 rings (SSSR count). The number of nitrogens with zero attached hydrogens (tertiary/aromatic N) is 5. The molecule has 0 unspecified atom stereocenters. The molecule has 3 N–H and O–H groups in total. The molecule has 1 fully saturated rings. The van der Waals surface area contributed by atoms with Gasteiger partial charge < -0.3 is 25.2 Å². The Morgan fingerprint density at radius 2 is 1.74 bits per heavy atom. The zero-order valence-electron chi connectivity index (χ0n) is 20.2. The van der Waals surface area contributed by atoms with Gasteiger partial charge in [0, 0.05) is 33.2 Å². The molecule has 3 heterocycles. The molecule has 0 atom stereocenters. The largest absolute Gasteiger partial charge is 0.490 e. The van der Waals surface area contributed by atoms with E-state index in [0.717, 1.165) is 26.2 Å². The van der Waals surface area contributed by atoms with Crippen molar-refractivity contribution in [2.24, 2.45) is 7.05 Å². The van der Waals surface area contributed by atoms with E-state index < -0.39 is 18.1 Å². The van der Waals surface area contributed by atoms with E-state index in [2.05, 4.69) is 32.0 Å². The Morgan fingerprint density at radius 3 is 2.26 bits per heavy atom. The lowest BCUT2D eigenvalue weighted by Gasteiger charge is -2.28. The molecule has 3 aromatic rings. The van der Waals surface area contributed by atoms with Crippen molar-refractivity contribution in [3.8, 4) is 23.6 Å². The number of alkyl halides is 3. The SMILES string of the molecule is CC#CCn1c(N2CCNCC2)nc2nc(Oc3ccc(C(=O)O)cc3)n(C)c(=O)c21.O=C(O)C(F)(F)F. The van der Waals surface area contributed by atoms with Crippen LogP contribution in [0.4, 0.5) is 19.1 Å². The van der Waals surface area contributed by atoms with Gasteiger partial charge in [-0.2, -0.15) is 23.1 Å². The van der Waals surface area contributed by atoms with Crippen LogP contribution in [0.2, 0.25) is 0 Å². The molecular weight excluding hydrogens is 513 g/mol. The van der Waals surface area contributed by atoms with Crippen LogP contribution in [0, 0.1) is 11.8 Å². The van der Waals surface area contributed by atoms with Gasteiger partial charge in [-0.05, 0) is 31.2 Å². The maximum Gasteiger partial charge on any atom is 0.490 e. The molecular formula is C23H23F3N6O6. The molecule has 1 aromatic carbocycles. The van der Waals surface area contributed by atoms with Crippen LogP contribution in [-0.2, 0) is 18.4 Å². The van der Waals surface area contributed by atoms with E-state index in [-0.39, 0.29) is 22.8 Å². The number of aromatic carboxylic acids is 1. The minimum Gasteiger partial charge on any atom is -0.478 e. The third kappa shape index (κ3) is 6.40. The summed E-state index contributed by atoms with van der Waals surface area (Å²) in [5.74, 6) is 3.12. The summed E-state index contributed by atoms with van der Waals surface area (Å²) in [6, 6.07) is 5.95. The summed E-state index contributed by atoms with van der Waals surface area (Å²) in [5.41, 5.74) is 0.495. The number of carboxylic acid groups (broad SMARTS) is 2. The second-order valence-electron chi connectivity index (χ2n) is 7.83. The zero-order valence-corrected chi connectivity index (χ0v) is 20.2. The highest BCUT2D eigenvalue weighted by Crippen LogP contribution is 2.24. The topological polar surface area (TPSA) is 152 Å². The minimum absolute atomic E-state index is 0.0682. The number of ether oxygens (including phenoxy) is 1. The van der Waals surface area contributed by atoms with Crippen molar-refractivity contribution < 1.29 is 37.7 Å². The maximum atomic E-state index is 13.2. The minimum atomic E-state index is -5.08. The average Bonchev–Trinajstić information content (AvgIpc) is 3.24. The van der Waals surface area contributed by atoms with Gasteiger partial charge in [0.1, 0.15) is 5.75 Å². The number of halogens is 3. The Bertz CT molecular complexity index is 1450. The first-order valence-corrected chi connectivity index (χ1v) is 11.1. The summed E-state index contributed by atoms with van der Waals surface area (Å²) in [7, 11) is 1.57. The van der Waals surface area contributed by atoms with Crippen LogP contribution in [0.15, 0.2) is 29.1 Å². The van der Waals surface area contributed by atoms with Gasteiger partial charge in [-0.3, -0.25) is 13.9 Å². The highest BCUT2D eigenvalue weighted by Gasteiger charge is 2.38. The number of hydrogen-bond acceptors (Lipinski definition) is 8. The highest BCUT2D eigenvalue weighted by molar-refractivity contribution is 5.87. The van der Waals surface area contributed by atoms with Gasteiger partial charge in [0.05, 0.1) is 12.1 Å². The van der Waals surface area contributed by atoms with Crippen LogP contribution in [-0.4, -0.2) is 73.6 Å². The third-order valence-corrected chi connectivity index (χ3v) is 5.29. The number of hydrogen-bond donors (Lipinski definition) is 3. The van der Waals surface area contributed by atoms with Crippen LogP contribution < -0.4 is 20.5 Å². The van der Waals surface area contributed by atoms with Gasteiger partial charge >= 0.3 is 24.1 Å². The van der Waals surface area contributed by atoms with E-state index in [1.54, 1.807) is 18.5 Å². The Morgan fingerprint density at radius 1 is 1.13 bits per heavy atom. The summed E-state index contributed by atoms with van der Waals surface area (Å²) in [6.07, 6.45) is -5.08. The number of aromatic nitrogens is 4. The number of nitrogens with one attached hydrogen (secondary N) is 1. The van der Waals surface area contributed by atoms with Crippen LogP contribution in [0.3, 0.4) is 0 Å². The third-order valence-electron chi connectivity index (χ3n) is 5.29. The molecule has 0 spiro atoms. The molecule has 0 amide bonds. The van der Waals surface area contributed by atoms with Crippen molar-refractivity contribution in [3.63, 3.8) is 0 Å². The molecule has 1 saturated heterocycles. The summed E-state index contributed by atoms with van der Waals surface area (Å²) in [4.78, 5) is 44.3. The monoisotopic (exact) mass is 536 g/mol. The van der Waals surface area contributed by atoms with E-state index in [4.69, 9.17) is 19.7 Å². The summed E-state index contributed by atoms with van der Waals surface area (Å²) in [6.45, 7) is 5.27. The van der Waals surface area contributed by atoms with Gasteiger partial charge in [0.25, 0.3) is 5.56 Å². The van der Waals surface area contributed by atoms with E-state index >= 15 is 0 Å². The molecule has 38 heavy (non-hydrogen) atoms. The van der Waals surface area contributed by atoms with E-state index in [0.29, 0.717) is 23.8 Å². The zero-order chi connectivity index (χ0) is 28.0. The first-order chi connectivity index (χ1) is 17.9. The second-order valence-corrected chi connectivity index (χ2v) is 7.83. The first-order valence-electron chi connectivity index (χ1n) is 11.1. The number of benzene rings is 1. The predicted molar refractivity (Wildman–Crippen MR) is 128 cm³/mol. The van der Waals surface area contributed by atoms with Gasteiger partial charge in [0.2, 0.25) is 5.95 Å². The average molecular weight is 536 g/mol. The summed E-state index contributed by atoms with van der Waals surface area (Å²) >= 11 is 0. The van der Waals surface area contributed by atoms with Crippen molar-refractivity contribution in [2.45, 2.75) is 19.6 Å². The maximum absolute atomic E-state index is 13.2. The Kier molecular flexibility index (Phi) is 8.58. The van der Waals surface area contributed by atoms with Gasteiger partial charge in [-0.15, -0.1) is 5.92 Å². The fourth-order valence-electron chi connectivity index (χ4n) is 3.41. The fourth-order valence-corrected chi connectivity index (χ4v) is 3.41. The molecule has 0 radical (unpaired) electrons. The van der Waals surface area contributed by atoms with Crippen molar-refractivity contribution >= 4 is 29.1 Å². The molecule has 202 valence electrons. The number of carboxylic acids is 2.